The van der Waals surface area contributed by atoms with Crippen LogP contribution in [0.15, 0.2) is 36.5 Å². The standard InChI is InChI=1S/C25H24F3N3O3/c1-24(2,12-34-3)22-18(14-9-25(28,10-14)23(32)33)19-17(8-13-11-29-30-21(13)20(19)27)31(22)16-6-4-15(26)5-7-16/h4-8,11,14H,9-10,12H2,1-3H3,(H,29,30)(H,32,33)/t14-,25+. The smallest absolute Gasteiger partial charge is 0.341 e. The average Bonchev–Trinajstić information content (AvgIpc) is 3.35. The molecule has 6 nitrogen and oxygen atoms in total. The van der Waals surface area contributed by atoms with Crippen LogP contribution in [0.2, 0.25) is 0 Å². The molecule has 9 heteroatoms. The molecule has 1 aliphatic carbocycles. The highest BCUT2D eigenvalue weighted by atomic mass is 19.1. The maximum absolute atomic E-state index is 16.0. The number of nitrogens with one attached hydrogen (secondary N) is 1. The van der Waals surface area contributed by atoms with Gasteiger partial charge in [-0.25, -0.2) is 18.0 Å². The summed E-state index contributed by atoms with van der Waals surface area (Å²) in [7, 11) is 1.56. The van der Waals surface area contributed by atoms with Gasteiger partial charge >= 0.3 is 5.97 Å². The van der Waals surface area contributed by atoms with Crippen molar-refractivity contribution in [3.8, 4) is 5.69 Å². The van der Waals surface area contributed by atoms with Crippen LogP contribution in [0.3, 0.4) is 0 Å². The maximum Gasteiger partial charge on any atom is 0.341 e. The third kappa shape index (κ3) is 3.21. The number of fused-ring (bicyclic) bond motifs is 2. The lowest BCUT2D eigenvalue weighted by molar-refractivity contribution is -0.158. The number of carboxylic acid groups (broad SMARTS) is 1. The molecule has 178 valence electrons. The average molecular weight is 471 g/mol. The van der Waals surface area contributed by atoms with Crippen molar-refractivity contribution in [2.45, 2.75) is 43.7 Å². The fraction of sp³-hybridized carbons (Fsp3) is 0.360. The summed E-state index contributed by atoms with van der Waals surface area (Å²) < 4.78 is 51.9. The number of benzene rings is 2. The predicted molar refractivity (Wildman–Crippen MR) is 121 cm³/mol. The minimum Gasteiger partial charge on any atom is -0.479 e. The van der Waals surface area contributed by atoms with Crippen molar-refractivity contribution in [2.75, 3.05) is 13.7 Å². The Morgan fingerprint density at radius 2 is 1.97 bits per heavy atom. The number of carboxylic acids is 1. The van der Waals surface area contributed by atoms with E-state index in [1.165, 1.54) is 18.3 Å². The molecule has 0 unspecified atom stereocenters. The number of alkyl halides is 1. The lowest BCUT2D eigenvalue weighted by atomic mass is 9.66. The Kier molecular flexibility index (Phi) is 5.02. The largest absolute Gasteiger partial charge is 0.479 e. The number of methoxy groups -OCH3 is 1. The molecule has 2 N–H and O–H groups in total. The number of rotatable bonds is 6. The zero-order chi connectivity index (χ0) is 24.4. The highest BCUT2D eigenvalue weighted by Crippen LogP contribution is 2.53. The van der Waals surface area contributed by atoms with Gasteiger partial charge in [-0.1, -0.05) is 13.8 Å². The molecule has 0 radical (unpaired) electrons. The van der Waals surface area contributed by atoms with Gasteiger partial charge in [0.25, 0.3) is 0 Å². The van der Waals surface area contributed by atoms with Crippen molar-refractivity contribution in [1.29, 1.82) is 0 Å². The highest BCUT2D eigenvalue weighted by Gasteiger charge is 2.54. The summed E-state index contributed by atoms with van der Waals surface area (Å²) in [5.41, 5.74) is -0.482. The van der Waals surface area contributed by atoms with E-state index in [1.54, 1.807) is 25.3 Å². The van der Waals surface area contributed by atoms with Gasteiger partial charge in [0.05, 0.1) is 18.3 Å². The Balaban J connectivity index is 1.89. The lowest BCUT2D eigenvalue weighted by Crippen LogP contribution is -2.46. The molecule has 2 heterocycles. The van der Waals surface area contributed by atoms with Gasteiger partial charge < -0.3 is 14.4 Å². The molecule has 0 saturated heterocycles. The number of aliphatic carboxylic acids is 1. The number of nitrogens with zero attached hydrogens (tertiary/aromatic N) is 2. The van der Waals surface area contributed by atoms with E-state index in [4.69, 9.17) is 4.74 Å². The molecule has 1 fully saturated rings. The van der Waals surface area contributed by atoms with Crippen LogP contribution in [0.4, 0.5) is 13.2 Å². The molecule has 1 aliphatic rings. The molecule has 0 amide bonds. The number of ether oxygens (including phenoxy) is 1. The third-order valence-electron chi connectivity index (χ3n) is 6.81. The van der Waals surface area contributed by atoms with Crippen LogP contribution >= 0.6 is 0 Å². The van der Waals surface area contributed by atoms with E-state index in [-0.39, 0.29) is 30.4 Å². The summed E-state index contributed by atoms with van der Waals surface area (Å²) >= 11 is 0. The number of carbonyl (C=O) groups is 1. The summed E-state index contributed by atoms with van der Waals surface area (Å²) in [5, 5.41) is 16.8. The van der Waals surface area contributed by atoms with Crippen LogP contribution in [0.1, 0.15) is 43.9 Å². The van der Waals surface area contributed by atoms with Gasteiger partial charge in [0.15, 0.2) is 5.82 Å². The van der Waals surface area contributed by atoms with Gasteiger partial charge in [0.2, 0.25) is 5.67 Å². The zero-order valence-electron chi connectivity index (χ0n) is 19.0. The molecule has 2 aromatic heterocycles. The minimum atomic E-state index is -2.35. The second-order valence-corrected chi connectivity index (χ2v) is 9.69. The molecule has 0 spiro atoms. The molecular formula is C25H24F3N3O3. The Labute approximate surface area is 193 Å². The topological polar surface area (TPSA) is 80.1 Å². The Hall–Kier alpha value is -3.33. The van der Waals surface area contributed by atoms with E-state index in [0.717, 1.165) is 0 Å². The molecule has 2 aromatic carbocycles. The van der Waals surface area contributed by atoms with E-state index in [0.29, 0.717) is 27.8 Å². The van der Waals surface area contributed by atoms with Gasteiger partial charge in [-0.2, -0.15) is 5.10 Å². The van der Waals surface area contributed by atoms with Crippen LogP contribution in [0, 0.1) is 11.6 Å². The lowest BCUT2D eigenvalue weighted by Gasteiger charge is -2.40. The van der Waals surface area contributed by atoms with Crippen LogP contribution in [0.25, 0.3) is 27.5 Å². The first kappa shape index (κ1) is 22.5. The summed E-state index contributed by atoms with van der Waals surface area (Å²) in [5.74, 6) is -2.99. The van der Waals surface area contributed by atoms with Crippen molar-refractivity contribution < 1.29 is 27.8 Å². The van der Waals surface area contributed by atoms with Gasteiger partial charge in [0, 0.05) is 34.7 Å². The zero-order valence-corrected chi connectivity index (χ0v) is 19.0. The second kappa shape index (κ2) is 7.59. The Bertz CT molecular complexity index is 1420. The number of halogens is 3. The Morgan fingerprint density at radius 3 is 2.59 bits per heavy atom. The minimum absolute atomic E-state index is 0.213. The fourth-order valence-electron chi connectivity index (χ4n) is 5.28. The monoisotopic (exact) mass is 471 g/mol. The van der Waals surface area contributed by atoms with Gasteiger partial charge in [-0.05, 0) is 54.7 Å². The van der Waals surface area contributed by atoms with Crippen LogP contribution in [-0.4, -0.2) is 45.2 Å². The Morgan fingerprint density at radius 1 is 1.29 bits per heavy atom. The quantitative estimate of drug-likeness (QED) is 0.396. The van der Waals surface area contributed by atoms with Crippen molar-refractivity contribution >= 4 is 27.8 Å². The first-order valence-corrected chi connectivity index (χ1v) is 10.9. The predicted octanol–water partition coefficient (Wildman–Crippen LogP) is 5.38. The van der Waals surface area contributed by atoms with Crippen LogP contribution < -0.4 is 0 Å². The van der Waals surface area contributed by atoms with E-state index in [1.807, 2.05) is 18.4 Å². The molecule has 5 rings (SSSR count). The summed E-state index contributed by atoms with van der Waals surface area (Å²) in [4.78, 5) is 11.5. The molecule has 0 atom stereocenters. The SMILES string of the molecule is COCC(C)(C)c1c([C@H]2C[C@](F)(C(=O)O)C2)c2c(F)c3[nH]ncc3cc2n1-c1ccc(F)cc1. The number of H-pyrrole nitrogens is 1. The number of hydrogen-bond acceptors (Lipinski definition) is 3. The third-order valence-corrected chi connectivity index (χ3v) is 6.81. The summed E-state index contributed by atoms with van der Waals surface area (Å²) in [6.45, 7) is 4.13. The second-order valence-electron chi connectivity index (χ2n) is 9.69. The molecule has 0 bridgehead atoms. The first-order chi connectivity index (χ1) is 16.1. The summed E-state index contributed by atoms with van der Waals surface area (Å²) in [6.07, 6.45) is 0.989. The molecule has 4 aromatic rings. The maximum atomic E-state index is 16.0. The van der Waals surface area contributed by atoms with E-state index < -0.39 is 34.6 Å². The van der Waals surface area contributed by atoms with Gasteiger partial charge in [-0.3, -0.25) is 5.10 Å². The van der Waals surface area contributed by atoms with Crippen LogP contribution in [0.5, 0.6) is 0 Å². The molecular weight excluding hydrogens is 447 g/mol. The van der Waals surface area contributed by atoms with E-state index in [2.05, 4.69) is 10.2 Å². The fourth-order valence-corrected chi connectivity index (χ4v) is 5.28. The van der Waals surface area contributed by atoms with Crippen molar-refractivity contribution in [1.82, 2.24) is 14.8 Å². The van der Waals surface area contributed by atoms with Crippen molar-refractivity contribution in [3.63, 3.8) is 0 Å². The summed E-state index contributed by atoms with van der Waals surface area (Å²) in [6, 6.07) is 7.62. The van der Waals surface area contributed by atoms with Gasteiger partial charge in [-0.15, -0.1) is 0 Å². The molecule has 0 aliphatic heterocycles. The number of aromatic nitrogens is 3. The number of hydrogen-bond donors (Lipinski definition) is 2. The number of aromatic amines is 1. The van der Waals surface area contributed by atoms with Crippen molar-refractivity contribution in [2.24, 2.45) is 0 Å². The highest BCUT2D eigenvalue weighted by molar-refractivity contribution is 6.00. The normalized spacial score (nSPS) is 20.7. The molecule has 1 saturated carbocycles. The van der Waals surface area contributed by atoms with Gasteiger partial charge in [0.1, 0.15) is 11.3 Å². The first-order valence-electron chi connectivity index (χ1n) is 10.9. The van der Waals surface area contributed by atoms with Crippen molar-refractivity contribution in [3.05, 3.63) is 59.4 Å². The molecule has 34 heavy (non-hydrogen) atoms. The van der Waals surface area contributed by atoms with E-state index in [9.17, 15) is 18.7 Å². The van der Waals surface area contributed by atoms with Crippen LogP contribution in [-0.2, 0) is 14.9 Å². The van der Waals surface area contributed by atoms with E-state index >= 15 is 4.39 Å².